The highest BCUT2D eigenvalue weighted by molar-refractivity contribution is 5.76. The first-order chi connectivity index (χ1) is 14.8. The van der Waals surface area contributed by atoms with Crippen molar-refractivity contribution in [2.24, 2.45) is 25.7 Å². The summed E-state index contributed by atoms with van der Waals surface area (Å²) in [4.78, 5) is 42.6. The number of piperidine rings is 1. The monoisotopic (exact) mass is 429 g/mol. The molecular weight excluding hydrogens is 403 g/mol. The van der Waals surface area contributed by atoms with Crippen LogP contribution in [0.25, 0.3) is 11.2 Å². The zero-order valence-corrected chi connectivity index (χ0v) is 17.6. The number of amides is 1. The van der Waals surface area contributed by atoms with Crippen LogP contribution in [0.3, 0.4) is 0 Å². The van der Waals surface area contributed by atoms with Crippen molar-refractivity contribution in [2.45, 2.75) is 25.9 Å². The number of likely N-dealkylation sites (tertiary alicyclic amines) is 1. The maximum Gasteiger partial charge on any atom is 0.332 e. The van der Waals surface area contributed by atoms with Gasteiger partial charge in [0.1, 0.15) is 12.4 Å². The van der Waals surface area contributed by atoms with E-state index in [0.717, 1.165) is 17.7 Å². The number of aromatic nitrogens is 4. The van der Waals surface area contributed by atoms with E-state index in [9.17, 15) is 18.8 Å². The molecule has 164 valence electrons. The van der Waals surface area contributed by atoms with Crippen molar-refractivity contribution >= 4 is 17.1 Å². The Kier molecular flexibility index (Phi) is 5.48. The summed E-state index contributed by atoms with van der Waals surface area (Å²) < 4.78 is 18.5. The van der Waals surface area contributed by atoms with Gasteiger partial charge in [-0.3, -0.25) is 18.7 Å². The van der Waals surface area contributed by atoms with E-state index in [1.807, 2.05) is 0 Å². The smallest absolute Gasteiger partial charge is 0.332 e. The summed E-state index contributed by atoms with van der Waals surface area (Å²) in [5, 5.41) is 0. The Balaban J connectivity index is 1.79. The predicted molar refractivity (Wildman–Crippen MR) is 112 cm³/mol. The molecule has 1 aliphatic rings. The fourth-order valence-electron chi connectivity index (χ4n) is 4.30. The molecule has 1 aromatic carbocycles. The number of nitrogens with zero attached hydrogens (tertiary/aromatic N) is 4. The maximum atomic E-state index is 14.4. The average molecular weight is 429 g/mol. The number of benzene rings is 1. The lowest BCUT2D eigenvalue weighted by molar-refractivity contribution is -0.920. The molecule has 0 atom stereocenters. The molecule has 3 aromatic rings. The van der Waals surface area contributed by atoms with Crippen LogP contribution >= 0.6 is 0 Å². The maximum absolute atomic E-state index is 14.4. The van der Waals surface area contributed by atoms with E-state index in [-0.39, 0.29) is 35.4 Å². The van der Waals surface area contributed by atoms with E-state index in [1.54, 1.807) is 29.8 Å². The Morgan fingerprint density at radius 1 is 1.19 bits per heavy atom. The number of fused-ring (bicyclic) bond motifs is 1. The zero-order chi connectivity index (χ0) is 22.3. The minimum atomic E-state index is -0.464. The minimum Gasteiger partial charge on any atom is -0.369 e. The molecule has 3 heterocycles. The van der Waals surface area contributed by atoms with Gasteiger partial charge in [-0.15, -0.1) is 0 Å². The number of nitrogens with one attached hydrogen (secondary N) is 1. The first-order valence-electron chi connectivity index (χ1n) is 10.3. The number of nitrogens with two attached hydrogens (primary N) is 1. The molecule has 1 fully saturated rings. The highest BCUT2D eigenvalue weighted by Gasteiger charge is 2.28. The highest BCUT2D eigenvalue weighted by Crippen LogP contribution is 2.16. The second kappa shape index (κ2) is 8.10. The second-order valence-electron chi connectivity index (χ2n) is 8.19. The van der Waals surface area contributed by atoms with Crippen molar-refractivity contribution in [1.29, 1.82) is 0 Å². The molecule has 0 radical (unpaired) electrons. The summed E-state index contributed by atoms with van der Waals surface area (Å²) in [6, 6.07) is 6.40. The van der Waals surface area contributed by atoms with Crippen molar-refractivity contribution in [2.75, 3.05) is 13.1 Å². The average Bonchev–Trinajstić information content (AvgIpc) is 3.10. The number of quaternary nitrogens is 1. The Morgan fingerprint density at radius 2 is 1.87 bits per heavy atom. The lowest BCUT2D eigenvalue weighted by Gasteiger charge is -2.27. The third-order valence-corrected chi connectivity index (χ3v) is 6.22. The molecule has 2 aromatic heterocycles. The van der Waals surface area contributed by atoms with Gasteiger partial charge in [-0.25, -0.2) is 14.2 Å². The predicted octanol–water partition coefficient (Wildman–Crippen LogP) is -1.10. The van der Waals surface area contributed by atoms with Crippen molar-refractivity contribution in [3.05, 3.63) is 62.3 Å². The van der Waals surface area contributed by atoms with Crippen molar-refractivity contribution in [1.82, 2.24) is 18.7 Å². The molecule has 1 saturated heterocycles. The molecule has 0 aliphatic carbocycles. The Labute approximate surface area is 177 Å². The van der Waals surface area contributed by atoms with Crippen molar-refractivity contribution < 1.29 is 14.1 Å². The normalized spacial score (nSPS) is 19.1. The van der Waals surface area contributed by atoms with Gasteiger partial charge >= 0.3 is 5.69 Å². The van der Waals surface area contributed by atoms with Crippen LogP contribution in [0.1, 0.15) is 24.2 Å². The van der Waals surface area contributed by atoms with Gasteiger partial charge in [0, 0.05) is 38.4 Å². The number of aryl methyl sites for hydroxylation is 1. The van der Waals surface area contributed by atoms with E-state index in [2.05, 4.69) is 4.98 Å². The Hall–Kier alpha value is -3.27. The molecule has 0 unspecified atom stereocenters. The van der Waals surface area contributed by atoms with Gasteiger partial charge in [-0.05, 0) is 6.07 Å². The van der Waals surface area contributed by atoms with Crippen LogP contribution in [0.4, 0.5) is 4.39 Å². The van der Waals surface area contributed by atoms with E-state index in [4.69, 9.17) is 5.73 Å². The van der Waals surface area contributed by atoms with Gasteiger partial charge in [-0.2, -0.15) is 0 Å². The quantitative estimate of drug-likeness (QED) is 0.537. The molecule has 0 spiro atoms. The third-order valence-electron chi connectivity index (χ3n) is 6.22. The molecule has 0 saturated carbocycles. The summed E-state index contributed by atoms with van der Waals surface area (Å²) in [6.07, 6.45) is 1.39. The molecule has 4 rings (SSSR count). The Bertz CT molecular complexity index is 1270. The van der Waals surface area contributed by atoms with Crippen molar-refractivity contribution in [3.63, 3.8) is 0 Å². The van der Waals surface area contributed by atoms with Gasteiger partial charge < -0.3 is 15.2 Å². The number of primary amides is 1. The van der Waals surface area contributed by atoms with Gasteiger partial charge in [0.25, 0.3) is 5.56 Å². The van der Waals surface area contributed by atoms with Crippen LogP contribution in [-0.2, 0) is 32.0 Å². The van der Waals surface area contributed by atoms with E-state index < -0.39 is 11.2 Å². The lowest BCUT2D eigenvalue weighted by Crippen LogP contribution is -3.12. The van der Waals surface area contributed by atoms with Crippen LogP contribution in [0.15, 0.2) is 33.9 Å². The van der Waals surface area contributed by atoms with Crippen LogP contribution in [0.2, 0.25) is 0 Å². The third kappa shape index (κ3) is 3.78. The molecule has 31 heavy (non-hydrogen) atoms. The lowest BCUT2D eigenvalue weighted by atomic mass is 9.96. The number of carbonyl (C=O) groups excluding carboxylic acids is 1. The van der Waals surface area contributed by atoms with E-state index in [0.29, 0.717) is 30.8 Å². The first-order valence-corrected chi connectivity index (χ1v) is 10.3. The molecular formula is C21H26FN6O3+. The second-order valence-corrected chi connectivity index (χ2v) is 8.19. The summed E-state index contributed by atoms with van der Waals surface area (Å²) in [7, 11) is 2.99. The number of halogens is 1. The van der Waals surface area contributed by atoms with E-state index >= 15 is 0 Å². The molecule has 9 nitrogen and oxygen atoms in total. The standard InChI is InChI=1S/C21H25FN6O3/c1-25-19-17(20(30)26(2)21(25)31)28(11-14-5-3-4-6-15(14)22)16(24-19)12-27-9-7-13(8-10-27)18(23)29/h3-6,13H,7-12H2,1-2H3,(H2,23,29)/p+1. The van der Waals surface area contributed by atoms with Gasteiger partial charge in [0.15, 0.2) is 17.0 Å². The molecule has 1 amide bonds. The summed E-state index contributed by atoms with van der Waals surface area (Å²) in [5.41, 5.74) is 5.49. The number of hydrogen-bond acceptors (Lipinski definition) is 4. The minimum absolute atomic E-state index is 0.117. The molecule has 3 N–H and O–H groups in total. The van der Waals surface area contributed by atoms with Crippen LogP contribution in [0.5, 0.6) is 0 Å². The SMILES string of the molecule is Cn1c(=O)c2c(nc(C[NH+]3CCC(C(N)=O)CC3)n2Cc2ccccc2F)n(C)c1=O. The number of carbonyl (C=O) groups is 1. The molecule has 0 bridgehead atoms. The first kappa shape index (κ1) is 21.0. The number of hydrogen-bond donors (Lipinski definition) is 2. The van der Waals surface area contributed by atoms with Crippen LogP contribution in [0, 0.1) is 11.7 Å². The molecule has 1 aliphatic heterocycles. The van der Waals surface area contributed by atoms with Gasteiger partial charge in [-0.1, -0.05) is 18.2 Å². The zero-order valence-electron chi connectivity index (χ0n) is 17.6. The van der Waals surface area contributed by atoms with Crippen molar-refractivity contribution in [3.8, 4) is 0 Å². The van der Waals surface area contributed by atoms with Gasteiger partial charge in [0.05, 0.1) is 19.6 Å². The molecule has 10 heteroatoms. The Morgan fingerprint density at radius 3 is 2.52 bits per heavy atom. The topological polar surface area (TPSA) is 109 Å². The largest absolute Gasteiger partial charge is 0.369 e. The summed E-state index contributed by atoms with van der Waals surface area (Å²) in [5.74, 6) is -0.158. The fourth-order valence-corrected chi connectivity index (χ4v) is 4.30. The fraction of sp³-hybridized carbons (Fsp3) is 0.429. The number of rotatable bonds is 5. The van der Waals surface area contributed by atoms with E-state index in [1.165, 1.54) is 22.6 Å². The number of imidazole rings is 1. The summed E-state index contributed by atoms with van der Waals surface area (Å²) >= 11 is 0. The summed E-state index contributed by atoms with van der Waals surface area (Å²) in [6.45, 7) is 2.11. The van der Waals surface area contributed by atoms with Crippen LogP contribution in [-0.4, -0.2) is 37.7 Å². The van der Waals surface area contributed by atoms with Crippen LogP contribution < -0.4 is 21.9 Å². The van der Waals surface area contributed by atoms with Gasteiger partial charge in [0.2, 0.25) is 5.91 Å². The highest BCUT2D eigenvalue weighted by atomic mass is 19.1.